The van der Waals surface area contributed by atoms with E-state index in [1.807, 2.05) is 13.2 Å². The second-order valence-electron chi connectivity index (χ2n) is 8.03. The number of esters is 1. The fourth-order valence-electron chi connectivity index (χ4n) is 5.37. The number of fused-ring (bicyclic) bond motifs is 1. The summed E-state index contributed by atoms with van der Waals surface area (Å²) >= 11 is 0. The molecule has 0 aromatic heterocycles. The van der Waals surface area contributed by atoms with E-state index in [-0.39, 0.29) is 18.0 Å². The third kappa shape index (κ3) is 2.84. The van der Waals surface area contributed by atoms with E-state index < -0.39 is 6.10 Å². The second-order valence-corrected chi connectivity index (χ2v) is 8.03. The van der Waals surface area contributed by atoms with Gasteiger partial charge in [0, 0.05) is 7.11 Å². The zero-order valence-corrected chi connectivity index (χ0v) is 15.2. The predicted molar refractivity (Wildman–Crippen MR) is 92.3 cm³/mol. The molecule has 1 N–H and O–H groups in total. The van der Waals surface area contributed by atoms with Crippen molar-refractivity contribution in [3.05, 3.63) is 23.3 Å². The highest BCUT2D eigenvalue weighted by molar-refractivity contribution is 5.91. The van der Waals surface area contributed by atoms with Gasteiger partial charge in [-0.2, -0.15) is 0 Å². The Bertz CT molecular complexity index is 564. The molecular formula is C20H30O4. The zero-order valence-electron chi connectivity index (χ0n) is 15.2. The summed E-state index contributed by atoms with van der Waals surface area (Å²) in [5.74, 6) is 1.18. The molecule has 4 nitrogen and oxygen atoms in total. The van der Waals surface area contributed by atoms with Crippen molar-refractivity contribution in [2.24, 2.45) is 23.2 Å². The first-order chi connectivity index (χ1) is 11.4. The van der Waals surface area contributed by atoms with Gasteiger partial charge in [-0.3, -0.25) is 0 Å². The molecule has 1 saturated heterocycles. The number of methoxy groups -OCH3 is 1. The number of cyclic esters (lactones) is 1. The van der Waals surface area contributed by atoms with Gasteiger partial charge in [-0.1, -0.05) is 31.6 Å². The number of carbonyl (C=O) groups is 1. The summed E-state index contributed by atoms with van der Waals surface area (Å²) in [5.41, 5.74) is 2.07. The number of hydrogen-bond donors (Lipinski definition) is 1. The number of aliphatic hydroxyl groups is 1. The van der Waals surface area contributed by atoms with Crippen molar-refractivity contribution in [1.82, 2.24) is 0 Å². The van der Waals surface area contributed by atoms with E-state index in [1.165, 1.54) is 5.57 Å². The fraction of sp³-hybridized carbons (Fsp3) is 0.750. The van der Waals surface area contributed by atoms with Gasteiger partial charge in [0.25, 0.3) is 0 Å². The van der Waals surface area contributed by atoms with Gasteiger partial charge in [0.05, 0.1) is 11.7 Å². The minimum Gasteiger partial charge on any atom is -0.459 e. The van der Waals surface area contributed by atoms with E-state index in [0.29, 0.717) is 29.4 Å². The van der Waals surface area contributed by atoms with Crippen LogP contribution >= 0.6 is 0 Å². The van der Waals surface area contributed by atoms with Crippen molar-refractivity contribution in [2.45, 2.75) is 58.7 Å². The monoisotopic (exact) mass is 334 g/mol. The minimum atomic E-state index is -0.767. The first-order valence-corrected chi connectivity index (χ1v) is 9.13. The standard InChI is InChI=1S/C20H30O4/c1-12-5-7-16-13(2)18(23-4)9-10-20(16,3)15(12)8-6-14-17(21)11-24-19(14)22/h5-6,13,15-18,21H,7-11H2,1-4H3/t13-,15-,16-,17?,18-,20+/m1/s1. The number of ether oxygens (including phenoxy) is 2. The maximum Gasteiger partial charge on any atom is 0.336 e. The number of hydrogen-bond acceptors (Lipinski definition) is 4. The summed E-state index contributed by atoms with van der Waals surface area (Å²) in [7, 11) is 1.82. The SMILES string of the molecule is CO[C@@H]1CC[C@@]2(C)[C@H](CC=C3C(=O)OCC3O)C(C)=CC[C@@H]2[C@H]1C. The molecule has 6 atom stereocenters. The predicted octanol–water partition coefficient (Wildman–Crippen LogP) is 3.25. The van der Waals surface area contributed by atoms with Gasteiger partial charge in [-0.15, -0.1) is 0 Å². The highest BCUT2D eigenvalue weighted by atomic mass is 16.6. The topological polar surface area (TPSA) is 55.8 Å². The van der Waals surface area contributed by atoms with Crippen LogP contribution in [0.1, 0.15) is 46.5 Å². The van der Waals surface area contributed by atoms with Gasteiger partial charge in [-0.25, -0.2) is 4.79 Å². The van der Waals surface area contributed by atoms with Gasteiger partial charge in [0.15, 0.2) is 0 Å². The van der Waals surface area contributed by atoms with Gasteiger partial charge in [0.1, 0.15) is 12.7 Å². The van der Waals surface area contributed by atoms with Crippen LogP contribution in [0.4, 0.5) is 0 Å². The van der Waals surface area contributed by atoms with Crippen LogP contribution in [0.3, 0.4) is 0 Å². The van der Waals surface area contributed by atoms with E-state index in [4.69, 9.17) is 9.47 Å². The summed E-state index contributed by atoms with van der Waals surface area (Å²) < 4.78 is 10.6. The summed E-state index contributed by atoms with van der Waals surface area (Å²) in [5, 5.41) is 9.91. The molecule has 3 rings (SSSR count). The first kappa shape index (κ1) is 17.7. The average Bonchev–Trinajstić information content (AvgIpc) is 2.86. The Hall–Kier alpha value is -1.13. The Balaban J connectivity index is 1.84. The van der Waals surface area contributed by atoms with Crippen LogP contribution in [-0.2, 0) is 14.3 Å². The molecule has 1 saturated carbocycles. The number of rotatable bonds is 3. The lowest BCUT2D eigenvalue weighted by atomic mass is 9.52. The smallest absolute Gasteiger partial charge is 0.336 e. The van der Waals surface area contributed by atoms with Crippen LogP contribution in [0.2, 0.25) is 0 Å². The molecule has 0 bridgehead atoms. The summed E-state index contributed by atoms with van der Waals surface area (Å²) in [6.45, 7) is 7.03. The third-order valence-corrected chi connectivity index (χ3v) is 6.92. The molecule has 0 aromatic carbocycles. The third-order valence-electron chi connectivity index (χ3n) is 6.92. The molecule has 0 aromatic rings. The van der Waals surface area contributed by atoms with E-state index in [0.717, 1.165) is 25.7 Å². The van der Waals surface area contributed by atoms with Crippen LogP contribution < -0.4 is 0 Å². The lowest BCUT2D eigenvalue weighted by molar-refractivity contribution is -0.135. The molecule has 3 aliphatic rings. The maximum absolute atomic E-state index is 11.8. The first-order valence-electron chi connectivity index (χ1n) is 9.13. The molecule has 2 aliphatic carbocycles. The van der Waals surface area contributed by atoms with Crippen LogP contribution in [0.25, 0.3) is 0 Å². The molecule has 0 spiro atoms. The molecule has 134 valence electrons. The second kappa shape index (κ2) is 6.64. The maximum atomic E-state index is 11.8. The highest BCUT2D eigenvalue weighted by Gasteiger charge is 2.50. The highest BCUT2D eigenvalue weighted by Crippen LogP contribution is 2.56. The quantitative estimate of drug-likeness (QED) is 0.489. The van der Waals surface area contributed by atoms with Crippen molar-refractivity contribution in [3.63, 3.8) is 0 Å². The van der Waals surface area contributed by atoms with Crippen molar-refractivity contribution >= 4 is 5.97 Å². The summed E-state index contributed by atoms with van der Waals surface area (Å²) in [6, 6.07) is 0. The van der Waals surface area contributed by atoms with Gasteiger partial charge in [0.2, 0.25) is 0 Å². The number of aliphatic hydroxyl groups excluding tert-OH is 1. The molecule has 1 heterocycles. The van der Waals surface area contributed by atoms with Crippen molar-refractivity contribution < 1.29 is 19.4 Å². The molecule has 24 heavy (non-hydrogen) atoms. The largest absolute Gasteiger partial charge is 0.459 e. The lowest BCUT2D eigenvalue weighted by Gasteiger charge is -2.54. The van der Waals surface area contributed by atoms with Crippen LogP contribution in [0.15, 0.2) is 23.3 Å². The van der Waals surface area contributed by atoms with E-state index >= 15 is 0 Å². The normalized spacial score (nSPS) is 44.2. The molecule has 1 aliphatic heterocycles. The molecule has 1 unspecified atom stereocenters. The zero-order chi connectivity index (χ0) is 17.5. The Morgan fingerprint density at radius 3 is 2.88 bits per heavy atom. The average molecular weight is 334 g/mol. The number of allylic oxidation sites excluding steroid dienone is 3. The van der Waals surface area contributed by atoms with Crippen molar-refractivity contribution in [2.75, 3.05) is 13.7 Å². The van der Waals surface area contributed by atoms with E-state index in [2.05, 4.69) is 26.8 Å². The molecule has 0 amide bonds. The van der Waals surface area contributed by atoms with Gasteiger partial charge >= 0.3 is 5.97 Å². The Kier molecular flexibility index (Phi) is 4.89. The van der Waals surface area contributed by atoms with E-state index in [9.17, 15) is 9.90 Å². The molecular weight excluding hydrogens is 304 g/mol. The number of carbonyl (C=O) groups excluding carboxylic acids is 1. The van der Waals surface area contributed by atoms with Crippen molar-refractivity contribution in [3.8, 4) is 0 Å². The minimum absolute atomic E-state index is 0.0938. The lowest BCUT2D eigenvalue weighted by Crippen LogP contribution is -2.49. The Morgan fingerprint density at radius 2 is 2.25 bits per heavy atom. The van der Waals surface area contributed by atoms with Gasteiger partial charge in [-0.05, 0) is 55.8 Å². The van der Waals surface area contributed by atoms with Gasteiger partial charge < -0.3 is 14.6 Å². The Morgan fingerprint density at radius 1 is 1.50 bits per heavy atom. The Labute approximate surface area is 144 Å². The molecule has 0 radical (unpaired) electrons. The van der Waals surface area contributed by atoms with Crippen LogP contribution in [0, 0.1) is 23.2 Å². The summed E-state index contributed by atoms with van der Waals surface area (Å²) in [4.78, 5) is 11.8. The van der Waals surface area contributed by atoms with Crippen LogP contribution in [0.5, 0.6) is 0 Å². The molecule has 4 heteroatoms. The van der Waals surface area contributed by atoms with Crippen molar-refractivity contribution in [1.29, 1.82) is 0 Å². The summed E-state index contributed by atoms with van der Waals surface area (Å²) in [6.07, 6.45) is 8.01. The van der Waals surface area contributed by atoms with E-state index in [1.54, 1.807) is 0 Å². The van der Waals surface area contributed by atoms with Crippen LogP contribution in [-0.4, -0.2) is 37.0 Å². The molecule has 2 fully saturated rings. The fourth-order valence-corrected chi connectivity index (χ4v) is 5.37.